The molecule has 518 valence electrons. The molecular weight excluding hydrogens is 1250 g/mol. The van der Waals surface area contributed by atoms with Gasteiger partial charge >= 0.3 is 0 Å². The van der Waals surface area contributed by atoms with E-state index in [2.05, 4.69) is 353 Å². The molecule has 0 aliphatic heterocycles. The summed E-state index contributed by atoms with van der Waals surface area (Å²) in [7, 11) is 10.5. The van der Waals surface area contributed by atoms with Gasteiger partial charge in [-0.3, -0.25) is 0 Å². The highest BCUT2D eigenvalue weighted by atomic mass is 14.9. The number of benzene rings is 10. The van der Waals surface area contributed by atoms with Crippen LogP contribution in [0.25, 0.3) is 110 Å². The Morgan fingerprint density at radius 2 is 0.621 bits per heavy atom. The summed E-state index contributed by atoms with van der Waals surface area (Å²) in [6.07, 6.45) is 10.7. The van der Waals surface area contributed by atoms with Crippen molar-refractivity contribution in [2.45, 2.75) is 122 Å². The van der Waals surface area contributed by atoms with E-state index in [1.54, 1.807) is 6.07 Å². The van der Waals surface area contributed by atoms with Gasteiger partial charge in [0, 0.05) is 70.0 Å². The SMILES string of the molecule is Cc1cc(C)c(C)c(-c2cc3ccccc3c[n+]2C)c1.Cc1ccc(-c2cc3ccccc3c[n+]2C)c(C)c1.Cc1ccccc1-c1cc2ccccc2c[n+]1C.[2H]C(C)(C)c1ccc2c(-c3cc(C)cc(C)c3C)[n+](C)ccc2c1.[2H]C([2H])([2H])C([2H])(C)c1ccc2c(-c3cc(C)cc(C)c3C)[n+](C)ccc2c1. The second-order valence-electron chi connectivity index (χ2n) is 28.9. The van der Waals surface area contributed by atoms with Crippen molar-refractivity contribution in [2.75, 3.05) is 0 Å². The van der Waals surface area contributed by atoms with Crippen molar-refractivity contribution < 1.29 is 29.7 Å². The summed E-state index contributed by atoms with van der Waals surface area (Å²) >= 11 is 0. The third kappa shape index (κ3) is 16.4. The zero-order valence-electron chi connectivity index (χ0n) is 69.4. The van der Waals surface area contributed by atoms with Crippen LogP contribution in [0.1, 0.15) is 124 Å². The molecule has 10 aromatic carbocycles. The molecule has 0 fully saturated rings. The molecule has 0 saturated heterocycles. The average molecular weight is 1360 g/mol. The second-order valence-corrected chi connectivity index (χ2v) is 28.9. The van der Waals surface area contributed by atoms with E-state index in [1.165, 1.54) is 167 Å². The summed E-state index contributed by atoms with van der Waals surface area (Å²) in [5.74, 6) is -2.22. The fraction of sp³-hybridized carbons (Fsp3) is 0.235. The lowest BCUT2D eigenvalue weighted by atomic mass is 9.93. The molecule has 1 atom stereocenters. The maximum Gasteiger partial charge on any atom is 0.220 e. The lowest BCUT2D eigenvalue weighted by Crippen LogP contribution is -2.30. The van der Waals surface area contributed by atoms with Gasteiger partial charge in [-0.25, -0.2) is 22.8 Å². The van der Waals surface area contributed by atoms with Gasteiger partial charge in [0.25, 0.3) is 0 Å². The van der Waals surface area contributed by atoms with Crippen molar-refractivity contribution in [3.8, 4) is 56.3 Å². The van der Waals surface area contributed by atoms with Gasteiger partial charge in [0.1, 0.15) is 35.2 Å². The Bertz CT molecular complexity index is 5920. The minimum absolute atomic E-state index is 0.506. The molecule has 0 spiro atoms. The van der Waals surface area contributed by atoms with Crippen molar-refractivity contribution >= 4 is 53.9 Å². The highest BCUT2D eigenvalue weighted by Crippen LogP contribution is 2.35. The van der Waals surface area contributed by atoms with Crippen LogP contribution < -0.4 is 22.8 Å². The van der Waals surface area contributed by atoms with Crippen molar-refractivity contribution in [1.82, 2.24) is 0 Å². The van der Waals surface area contributed by atoms with E-state index in [4.69, 9.17) is 6.85 Å². The molecule has 5 heterocycles. The Morgan fingerprint density at radius 3 is 1.02 bits per heavy atom. The maximum atomic E-state index is 8.38. The van der Waals surface area contributed by atoms with E-state index >= 15 is 0 Å². The molecule has 0 radical (unpaired) electrons. The van der Waals surface area contributed by atoms with E-state index in [9.17, 15) is 0 Å². The summed E-state index contributed by atoms with van der Waals surface area (Å²) in [5.41, 5.74) is 29.7. The average Bonchev–Trinajstić information content (AvgIpc) is 0.761. The zero-order chi connectivity index (χ0) is 78.0. The predicted octanol–water partition coefficient (Wildman–Crippen LogP) is 22.6. The van der Waals surface area contributed by atoms with Gasteiger partial charge in [-0.2, -0.15) is 0 Å². The van der Waals surface area contributed by atoms with Crippen LogP contribution in [0.4, 0.5) is 0 Å². The van der Waals surface area contributed by atoms with Gasteiger partial charge in [-0.05, 0) is 238 Å². The fourth-order valence-electron chi connectivity index (χ4n) is 14.5. The van der Waals surface area contributed by atoms with Crippen molar-refractivity contribution in [3.05, 3.63) is 327 Å². The van der Waals surface area contributed by atoms with Crippen LogP contribution in [0.5, 0.6) is 0 Å². The van der Waals surface area contributed by atoms with Crippen molar-refractivity contribution in [2.24, 2.45) is 35.2 Å². The normalized spacial score (nSPS) is 12.6. The smallest absolute Gasteiger partial charge is 0.200 e. The van der Waals surface area contributed by atoms with Crippen LogP contribution in [0.2, 0.25) is 0 Å². The highest BCUT2D eigenvalue weighted by Gasteiger charge is 2.23. The summed E-state index contributed by atoms with van der Waals surface area (Å²) in [5, 5.41) is 12.1. The van der Waals surface area contributed by atoms with Crippen molar-refractivity contribution in [3.63, 3.8) is 0 Å². The molecular formula is C98H106N5+5. The van der Waals surface area contributed by atoms with Gasteiger partial charge < -0.3 is 0 Å². The van der Waals surface area contributed by atoms with E-state index in [1.807, 2.05) is 45.3 Å². The summed E-state index contributed by atoms with van der Waals surface area (Å²) < 4.78 is 50.7. The second kappa shape index (κ2) is 31.6. The molecule has 15 rings (SSSR count). The number of aromatic nitrogens is 5. The standard InChI is InChI=1S/2C22H26N.C19H20N.C18H18N.C17H16N/c2*1-14(2)18-7-8-20-19(13-18)9-10-23(6)22(20)21-12-15(3)11-16(4)17(21)5;1-13-9-14(2)15(3)18(10-13)19-11-16-7-5-6-8-17(16)12-20(19)4;1-13-8-9-17(14(2)10-13)18-11-15-6-4-5-7-16(15)12-19(18)3;1-13-7-3-6-10-16(13)17-11-14-8-4-5-9-15(14)12-18(17)2/h2*7-14H,1-6H3;5-12H,1-4H3;4-12H,1-3H3;3-12H,1-2H3/q5*+1/i1D3,14D;14D;;;. The first-order valence-corrected chi connectivity index (χ1v) is 36.0. The third-order valence-corrected chi connectivity index (χ3v) is 20.6. The Kier molecular flexibility index (Phi) is 20.5. The van der Waals surface area contributed by atoms with E-state index in [0.717, 1.165) is 22.0 Å². The van der Waals surface area contributed by atoms with Gasteiger partial charge in [0.2, 0.25) is 28.5 Å². The van der Waals surface area contributed by atoms with Crippen molar-refractivity contribution in [1.29, 1.82) is 0 Å². The first-order valence-electron chi connectivity index (χ1n) is 38.5. The molecule has 0 N–H and O–H groups in total. The minimum atomic E-state index is -2.38. The summed E-state index contributed by atoms with van der Waals surface area (Å²) in [6.45, 7) is 28.9. The lowest BCUT2D eigenvalue weighted by Gasteiger charge is -2.12. The Hall–Kier alpha value is -10.8. The molecule has 5 heteroatoms. The molecule has 0 aliphatic carbocycles. The van der Waals surface area contributed by atoms with Crippen LogP contribution in [-0.4, -0.2) is 0 Å². The van der Waals surface area contributed by atoms with E-state index < -0.39 is 18.6 Å². The number of rotatable bonds is 7. The third-order valence-electron chi connectivity index (χ3n) is 20.6. The fourth-order valence-corrected chi connectivity index (χ4v) is 14.5. The molecule has 5 nitrogen and oxygen atoms in total. The predicted molar refractivity (Wildman–Crippen MR) is 438 cm³/mol. The molecule has 15 aromatic rings. The largest absolute Gasteiger partial charge is 0.220 e. The minimum Gasteiger partial charge on any atom is -0.200 e. The quantitative estimate of drug-likeness (QED) is 0.142. The summed E-state index contributed by atoms with van der Waals surface area (Å²) in [4.78, 5) is 0. The van der Waals surface area contributed by atoms with Crippen LogP contribution >= 0.6 is 0 Å². The number of hydrogen-bond acceptors (Lipinski definition) is 0. The van der Waals surface area contributed by atoms with Crippen LogP contribution in [0, 0.1) is 83.1 Å². The van der Waals surface area contributed by atoms with Crippen LogP contribution in [0.15, 0.2) is 249 Å². The molecule has 5 aromatic heterocycles. The van der Waals surface area contributed by atoms with Crippen LogP contribution in [0.3, 0.4) is 0 Å². The Balaban J connectivity index is 0.000000135. The molecule has 0 saturated carbocycles. The van der Waals surface area contributed by atoms with Gasteiger partial charge in [0.15, 0.2) is 31.0 Å². The topological polar surface area (TPSA) is 19.4 Å². The number of fused-ring (bicyclic) bond motifs is 5. The highest BCUT2D eigenvalue weighted by molar-refractivity contribution is 5.96. The Labute approximate surface area is 621 Å². The van der Waals surface area contributed by atoms with Gasteiger partial charge in [0.05, 0.1) is 21.9 Å². The number of aryl methyl sites for hydroxylation is 14. The monoisotopic (exact) mass is 1360 g/mol. The summed E-state index contributed by atoms with van der Waals surface area (Å²) in [6, 6.07) is 77.0. The zero-order valence-corrected chi connectivity index (χ0v) is 64.4. The first kappa shape index (κ1) is 66.8. The molecule has 1 unspecified atom stereocenters. The lowest BCUT2D eigenvalue weighted by molar-refractivity contribution is -0.659. The Morgan fingerprint density at radius 1 is 0.272 bits per heavy atom. The van der Waals surface area contributed by atoms with E-state index in [0.29, 0.717) is 5.56 Å². The first-order chi connectivity index (χ1) is 51.1. The molecule has 0 aliphatic rings. The van der Waals surface area contributed by atoms with Crippen LogP contribution in [-0.2, 0) is 35.2 Å². The number of hydrogen-bond donors (Lipinski definition) is 0. The van der Waals surface area contributed by atoms with E-state index in [-0.39, 0.29) is 0 Å². The molecule has 0 amide bonds. The number of pyridine rings is 5. The molecule has 0 bridgehead atoms. The molecule has 103 heavy (non-hydrogen) atoms. The van der Waals surface area contributed by atoms with Gasteiger partial charge in [-0.1, -0.05) is 177 Å². The van der Waals surface area contributed by atoms with Gasteiger partial charge in [-0.15, -0.1) is 0 Å². The number of nitrogens with zero attached hydrogens (tertiary/aromatic N) is 5. The maximum absolute atomic E-state index is 8.38.